The summed E-state index contributed by atoms with van der Waals surface area (Å²) < 4.78 is 9.94. The fraction of sp³-hybridized carbons (Fsp3) is 0.286. The highest BCUT2D eigenvalue weighted by atomic mass is 16.7. The van der Waals surface area contributed by atoms with Gasteiger partial charge in [0.05, 0.1) is 17.5 Å². The smallest absolute Gasteiger partial charge is 0.429 e. The summed E-state index contributed by atoms with van der Waals surface area (Å²) >= 11 is 0. The number of carbonyl (C=O) groups is 3. The number of nitrogens with zero attached hydrogens (tertiary/aromatic N) is 1. The molecule has 2 aromatic carbocycles. The molecule has 0 aromatic heterocycles. The van der Waals surface area contributed by atoms with Crippen LogP contribution >= 0.6 is 0 Å². The molecule has 0 spiro atoms. The lowest BCUT2D eigenvalue weighted by atomic mass is 10.1. The maximum absolute atomic E-state index is 12.0. The van der Waals surface area contributed by atoms with E-state index in [1.807, 2.05) is 13.8 Å². The number of nitro benzene ring substituents is 1. The van der Waals surface area contributed by atoms with Crippen molar-refractivity contribution in [2.75, 3.05) is 11.9 Å². The van der Waals surface area contributed by atoms with E-state index in [1.165, 1.54) is 24.3 Å². The van der Waals surface area contributed by atoms with Gasteiger partial charge in [-0.1, -0.05) is 26.0 Å². The summed E-state index contributed by atoms with van der Waals surface area (Å²) in [5.41, 5.74) is 6.72. The maximum Gasteiger partial charge on any atom is 0.514 e. The average molecular weight is 444 g/mol. The standard InChI is InChI=1S/C21H24N4O7/c1-13(2)19(22)20(27)23-11-18(26)24-15-5-3-14(4-6-15)12-31-21(28)32-17-9-7-16(8-10-17)25(29)30/h3-10,13,19H,11-12,22H2,1-2H3,(H,23,27)(H,24,26)/t19-/m0/s1. The molecular weight excluding hydrogens is 420 g/mol. The van der Waals surface area contributed by atoms with E-state index in [0.29, 0.717) is 11.3 Å². The summed E-state index contributed by atoms with van der Waals surface area (Å²) in [7, 11) is 0. The molecule has 32 heavy (non-hydrogen) atoms. The van der Waals surface area contributed by atoms with Crippen LogP contribution in [0.3, 0.4) is 0 Å². The molecule has 0 aliphatic carbocycles. The number of amides is 2. The van der Waals surface area contributed by atoms with Gasteiger partial charge in [-0.3, -0.25) is 19.7 Å². The number of carbonyl (C=O) groups excluding carboxylic acids is 3. The molecule has 2 rings (SSSR count). The molecule has 0 saturated heterocycles. The van der Waals surface area contributed by atoms with Crippen LogP contribution in [-0.2, 0) is 20.9 Å². The Kier molecular flexibility index (Phi) is 8.66. The number of nitrogens with two attached hydrogens (primary N) is 1. The minimum atomic E-state index is -0.966. The van der Waals surface area contributed by atoms with Crippen LogP contribution in [0.5, 0.6) is 5.75 Å². The molecule has 0 aliphatic heterocycles. The zero-order valence-electron chi connectivity index (χ0n) is 17.6. The first-order chi connectivity index (χ1) is 15.2. The minimum absolute atomic E-state index is 0.0424. The number of benzene rings is 2. The highest BCUT2D eigenvalue weighted by Crippen LogP contribution is 2.18. The lowest BCUT2D eigenvalue weighted by Crippen LogP contribution is -2.46. The van der Waals surface area contributed by atoms with Crippen molar-refractivity contribution in [2.45, 2.75) is 26.5 Å². The van der Waals surface area contributed by atoms with Crippen LogP contribution in [0.2, 0.25) is 0 Å². The predicted octanol–water partition coefficient (Wildman–Crippen LogP) is 2.35. The number of rotatable bonds is 9. The Morgan fingerprint density at radius 2 is 1.69 bits per heavy atom. The largest absolute Gasteiger partial charge is 0.514 e. The molecular formula is C21H24N4O7. The van der Waals surface area contributed by atoms with Gasteiger partial charge in [0.25, 0.3) is 5.69 Å². The monoisotopic (exact) mass is 444 g/mol. The normalized spacial score (nSPS) is 11.4. The fourth-order valence-electron chi connectivity index (χ4n) is 2.38. The van der Waals surface area contributed by atoms with Crippen LogP contribution in [0.1, 0.15) is 19.4 Å². The molecule has 1 atom stereocenters. The van der Waals surface area contributed by atoms with Crippen LogP contribution in [0.25, 0.3) is 0 Å². The molecule has 11 heteroatoms. The van der Waals surface area contributed by atoms with Gasteiger partial charge in [0.15, 0.2) is 0 Å². The lowest BCUT2D eigenvalue weighted by Gasteiger charge is -2.15. The number of non-ortho nitro benzene ring substituents is 1. The van der Waals surface area contributed by atoms with E-state index >= 15 is 0 Å². The van der Waals surface area contributed by atoms with Gasteiger partial charge in [-0.05, 0) is 35.7 Å². The van der Waals surface area contributed by atoms with Crippen molar-refractivity contribution in [1.29, 1.82) is 0 Å². The van der Waals surface area contributed by atoms with Crippen LogP contribution in [0.15, 0.2) is 48.5 Å². The molecule has 170 valence electrons. The summed E-state index contributed by atoms with van der Waals surface area (Å²) in [5.74, 6) is -0.743. The van der Waals surface area contributed by atoms with E-state index in [4.69, 9.17) is 15.2 Å². The lowest BCUT2D eigenvalue weighted by molar-refractivity contribution is -0.384. The number of ether oxygens (including phenoxy) is 2. The summed E-state index contributed by atoms with van der Waals surface area (Å²) in [5, 5.41) is 15.7. The van der Waals surface area contributed by atoms with Gasteiger partial charge >= 0.3 is 6.16 Å². The van der Waals surface area contributed by atoms with Crippen molar-refractivity contribution < 1.29 is 28.8 Å². The van der Waals surface area contributed by atoms with Gasteiger partial charge in [0.1, 0.15) is 12.4 Å². The Hall–Kier alpha value is -3.99. The highest BCUT2D eigenvalue weighted by Gasteiger charge is 2.17. The second kappa shape index (κ2) is 11.4. The third kappa shape index (κ3) is 7.69. The van der Waals surface area contributed by atoms with Crippen molar-refractivity contribution in [2.24, 2.45) is 11.7 Å². The van der Waals surface area contributed by atoms with Crippen LogP contribution in [0, 0.1) is 16.0 Å². The predicted molar refractivity (Wildman–Crippen MR) is 115 cm³/mol. The van der Waals surface area contributed by atoms with Crippen molar-refractivity contribution in [3.63, 3.8) is 0 Å². The van der Waals surface area contributed by atoms with E-state index in [1.54, 1.807) is 24.3 Å². The average Bonchev–Trinajstić information content (AvgIpc) is 2.76. The molecule has 11 nitrogen and oxygen atoms in total. The first-order valence-corrected chi connectivity index (χ1v) is 9.67. The number of nitro groups is 1. The van der Waals surface area contributed by atoms with Crippen molar-refractivity contribution in [3.05, 3.63) is 64.2 Å². The van der Waals surface area contributed by atoms with Gasteiger partial charge in [-0.2, -0.15) is 0 Å². The molecule has 0 saturated carbocycles. The van der Waals surface area contributed by atoms with E-state index in [-0.39, 0.29) is 30.5 Å². The van der Waals surface area contributed by atoms with Crippen molar-refractivity contribution in [3.8, 4) is 5.75 Å². The van der Waals surface area contributed by atoms with Gasteiger partial charge in [0.2, 0.25) is 11.8 Å². The summed E-state index contributed by atoms with van der Waals surface area (Å²) in [4.78, 5) is 45.5. The van der Waals surface area contributed by atoms with E-state index in [0.717, 1.165) is 0 Å². The van der Waals surface area contributed by atoms with E-state index in [2.05, 4.69) is 10.6 Å². The summed E-state index contributed by atoms with van der Waals surface area (Å²) in [6, 6.07) is 10.8. The molecule has 0 heterocycles. The molecule has 4 N–H and O–H groups in total. The number of anilines is 1. The molecule has 2 amide bonds. The Bertz CT molecular complexity index is 959. The minimum Gasteiger partial charge on any atom is -0.429 e. The molecule has 0 radical (unpaired) electrons. The Morgan fingerprint density at radius 1 is 1.06 bits per heavy atom. The van der Waals surface area contributed by atoms with Crippen LogP contribution in [-0.4, -0.2) is 35.5 Å². The second-order valence-corrected chi connectivity index (χ2v) is 7.12. The summed E-state index contributed by atoms with van der Waals surface area (Å²) in [6.07, 6.45) is -0.966. The van der Waals surface area contributed by atoms with Gasteiger partial charge in [0, 0.05) is 17.8 Å². The first kappa shape index (κ1) is 24.3. The van der Waals surface area contributed by atoms with E-state index < -0.39 is 28.9 Å². The number of nitrogens with one attached hydrogen (secondary N) is 2. The third-order valence-corrected chi connectivity index (χ3v) is 4.29. The van der Waals surface area contributed by atoms with Crippen molar-refractivity contribution >= 4 is 29.3 Å². The zero-order chi connectivity index (χ0) is 23.7. The van der Waals surface area contributed by atoms with Gasteiger partial charge in [-0.15, -0.1) is 0 Å². The van der Waals surface area contributed by atoms with Crippen LogP contribution in [0.4, 0.5) is 16.2 Å². The van der Waals surface area contributed by atoms with Crippen molar-refractivity contribution in [1.82, 2.24) is 5.32 Å². The van der Waals surface area contributed by atoms with E-state index in [9.17, 15) is 24.5 Å². The number of hydrogen-bond acceptors (Lipinski definition) is 8. The maximum atomic E-state index is 12.0. The Morgan fingerprint density at radius 3 is 2.25 bits per heavy atom. The Labute approximate surface area is 184 Å². The SMILES string of the molecule is CC(C)[C@H](N)C(=O)NCC(=O)Nc1ccc(COC(=O)Oc2ccc([N+](=O)[O-])cc2)cc1. The number of hydrogen-bond donors (Lipinski definition) is 3. The molecule has 0 fully saturated rings. The molecule has 0 bridgehead atoms. The highest BCUT2D eigenvalue weighted by molar-refractivity contribution is 5.95. The van der Waals surface area contributed by atoms with Gasteiger partial charge in [-0.25, -0.2) is 4.79 Å². The fourth-order valence-corrected chi connectivity index (χ4v) is 2.38. The third-order valence-electron chi connectivity index (χ3n) is 4.29. The van der Waals surface area contributed by atoms with Crippen LogP contribution < -0.4 is 21.1 Å². The molecule has 0 aliphatic rings. The summed E-state index contributed by atoms with van der Waals surface area (Å²) in [6.45, 7) is 3.33. The topological polar surface area (TPSA) is 163 Å². The van der Waals surface area contributed by atoms with Gasteiger partial charge < -0.3 is 25.8 Å². The first-order valence-electron chi connectivity index (χ1n) is 9.67. The zero-order valence-corrected chi connectivity index (χ0v) is 17.6. The molecule has 2 aromatic rings. The second-order valence-electron chi connectivity index (χ2n) is 7.12. The quantitative estimate of drug-likeness (QED) is 0.230. The Balaban J connectivity index is 1.76. The molecule has 0 unspecified atom stereocenters.